The first-order valence-corrected chi connectivity index (χ1v) is 12.0. The Kier molecular flexibility index (Phi) is 7.53. The average molecular weight is 535 g/mol. The second-order valence-electron chi connectivity index (χ2n) is 8.10. The van der Waals surface area contributed by atoms with E-state index in [-0.39, 0.29) is 29.7 Å². The number of amides is 1. The minimum atomic E-state index is -0.301. The van der Waals surface area contributed by atoms with Crippen LogP contribution in [0.25, 0.3) is 5.69 Å². The van der Waals surface area contributed by atoms with Crippen molar-refractivity contribution in [3.63, 3.8) is 0 Å². The molecule has 7 nitrogen and oxygen atoms in total. The molecule has 4 rings (SSSR count). The molecule has 1 amide bonds. The Labute approximate surface area is 212 Å². The summed E-state index contributed by atoms with van der Waals surface area (Å²) < 4.78 is 9.46. The third-order valence-electron chi connectivity index (χ3n) is 5.93. The molecule has 2 N–H and O–H groups in total. The van der Waals surface area contributed by atoms with Crippen molar-refractivity contribution in [3.05, 3.63) is 111 Å². The lowest BCUT2D eigenvalue weighted by molar-refractivity contribution is -0.115. The van der Waals surface area contributed by atoms with Gasteiger partial charge < -0.3 is 10.1 Å². The van der Waals surface area contributed by atoms with Crippen molar-refractivity contribution in [2.45, 2.75) is 13.0 Å². The van der Waals surface area contributed by atoms with Gasteiger partial charge in [0.2, 0.25) is 5.91 Å². The Morgan fingerprint density at radius 3 is 2.29 bits per heavy atom. The first kappa shape index (κ1) is 24.5. The van der Waals surface area contributed by atoms with Gasteiger partial charge in [0.15, 0.2) is 0 Å². The number of carbonyl (C=O) groups is 1. The zero-order valence-corrected chi connectivity index (χ0v) is 21.4. The zero-order chi connectivity index (χ0) is 24.9. The van der Waals surface area contributed by atoms with Gasteiger partial charge in [0.05, 0.1) is 35.6 Å². The molecule has 1 aromatic heterocycles. The SMILES string of the molecule is COc1ccc(C(NCC(=O)Nc2c(C)n(C)n(-c3ccccc3)c2=O)c2ccccc2)cc1Br. The molecular formula is C27H27BrN4O3. The van der Waals surface area contributed by atoms with Crippen molar-refractivity contribution in [2.24, 2.45) is 7.05 Å². The van der Waals surface area contributed by atoms with E-state index in [1.165, 1.54) is 0 Å². The number of benzene rings is 3. The number of nitrogens with one attached hydrogen (secondary N) is 2. The minimum Gasteiger partial charge on any atom is -0.496 e. The monoisotopic (exact) mass is 534 g/mol. The summed E-state index contributed by atoms with van der Waals surface area (Å²) in [6, 6.07) is 24.8. The van der Waals surface area contributed by atoms with E-state index in [2.05, 4.69) is 26.6 Å². The van der Waals surface area contributed by atoms with Crippen molar-refractivity contribution < 1.29 is 9.53 Å². The predicted molar refractivity (Wildman–Crippen MR) is 141 cm³/mol. The summed E-state index contributed by atoms with van der Waals surface area (Å²) in [6.45, 7) is 1.83. The highest BCUT2D eigenvalue weighted by Crippen LogP contribution is 2.30. The first-order valence-electron chi connectivity index (χ1n) is 11.2. The average Bonchev–Trinajstić information content (AvgIpc) is 3.08. The molecule has 1 heterocycles. The number of ether oxygens (including phenoxy) is 1. The van der Waals surface area contributed by atoms with Crippen molar-refractivity contribution in [2.75, 3.05) is 19.0 Å². The van der Waals surface area contributed by atoms with Gasteiger partial charge in [-0.15, -0.1) is 0 Å². The molecule has 0 bridgehead atoms. The lowest BCUT2D eigenvalue weighted by atomic mass is 9.98. The number of carbonyl (C=O) groups excluding carboxylic acids is 1. The van der Waals surface area contributed by atoms with Crippen LogP contribution in [0.1, 0.15) is 22.9 Å². The Balaban J connectivity index is 1.55. The zero-order valence-electron chi connectivity index (χ0n) is 19.8. The Hall–Kier alpha value is -3.62. The van der Waals surface area contributed by atoms with E-state index in [0.29, 0.717) is 5.69 Å². The van der Waals surface area contributed by atoms with E-state index in [9.17, 15) is 9.59 Å². The topological polar surface area (TPSA) is 77.3 Å². The molecule has 1 unspecified atom stereocenters. The summed E-state index contributed by atoms with van der Waals surface area (Å²) in [5, 5.41) is 6.15. The standard InChI is InChI=1S/C27H27BrN4O3/c1-18-25(27(34)32(31(18)2)21-12-8-5-9-13-21)30-24(33)17-29-26(19-10-6-4-7-11-19)20-14-15-23(35-3)22(28)16-20/h4-16,26,29H,17H2,1-3H3,(H,30,33). The van der Waals surface area contributed by atoms with E-state index in [1.54, 1.807) is 23.5 Å². The van der Waals surface area contributed by atoms with Gasteiger partial charge >= 0.3 is 0 Å². The molecule has 0 aliphatic carbocycles. The fourth-order valence-corrected chi connectivity index (χ4v) is 4.58. The Morgan fingerprint density at radius 1 is 1.00 bits per heavy atom. The number of hydrogen-bond donors (Lipinski definition) is 2. The smallest absolute Gasteiger partial charge is 0.295 e. The van der Waals surface area contributed by atoms with E-state index in [1.807, 2.05) is 85.8 Å². The summed E-state index contributed by atoms with van der Waals surface area (Å²) in [6.07, 6.45) is 0. The molecule has 3 aromatic carbocycles. The van der Waals surface area contributed by atoms with Gasteiger partial charge in [-0.3, -0.25) is 19.6 Å². The normalized spacial score (nSPS) is 11.8. The third-order valence-corrected chi connectivity index (χ3v) is 6.55. The van der Waals surface area contributed by atoms with Crippen LogP contribution in [0.2, 0.25) is 0 Å². The number of hydrogen-bond acceptors (Lipinski definition) is 4. The summed E-state index contributed by atoms with van der Waals surface area (Å²) in [7, 11) is 3.42. The maximum Gasteiger partial charge on any atom is 0.295 e. The Bertz CT molecular complexity index is 1380. The van der Waals surface area contributed by atoms with Crippen LogP contribution in [0.3, 0.4) is 0 Å². The molecule has 4 aromatic rings. The summed E-state index contributed by atoms with van der Waals surface area (Å²) in [5.74, 6) is 0.428. The van der Waals surface area contributed by atoms with E-state index >= 15 is 0 Å². The van der Waals surface area contributed by atoms with Gasteiger partial charge in [0.1, 0.15) is 11.4 Å². The van der Waals surface area contributed by atoms with Crippen LogP contribution in [0, 0.1) is 6.92 Å². The Morgan fingerprint density at radius 2 is 1.66 bits per heavy atom. The highest BCUT2D eigenvalue weighted by molar-refractivity contribution is 9.10. The maximum absolute atomic E-state index is 13.1. The van der Waals surface area contributed by atoms with Crippen molar-refractivity contribution >= 4 is 27.5 Å². The second kappa shape index (κ2) is 10.8. The maximum atomic E-state index is 13.1. The molecule has 1 atom stereocenters. The molecule has 0 saturated carbocycles. The predicted octanol–water partition coefficient (Wildman–Crippen LogP) is 4.57. The molecule has 0 fully saturated rings. The van der Waals surface area contributed by atoms with Crippen LogP contribution in [0.15, 0.2) is 88.1 Å². The lowest BCUT2D eigenvalue weighted by Gasteiger charge is -2.20. The van der Waals surface area contributed by atoms with Crippen LogP contribution < -0.4 is 20.9 Å². The lowest BCUT2D eigenvalue weighted by Crippen LogP contribution is -2.33. The van der Waals surface area contributed by atoms with Crippen molar-refractivity contribution in [3.8, 4) is 11.4 Å². The molecular weight excluding hydrogens is 508 g/mol. The number of halogens is 1. The van der Waals surface area contributed by atoms with Crippen molar-refractivity contribution in [1.82, 2.24) is 14.7 Å². The van der Waals surface area contributed by atoms with E-state index in [4.69, 9.17) is 4.74 Å². The summed E-state index contributed by atoms with van der Waals surface area (Å²) in [4.78, 5) is 26.1. The van der Waals surface area contributed by atoms with Gasteiger partial charge in [-0.2, -0.15) is 0 Å². The van der Waals surface area contributed by atoms with Crippen LogP contribution in [-0.2, 0) is 11.8 Å². The minimum absolute atomic E-state index is 0.0162. The molecule has 0 spiro atoms. The second-order valence-corrected chi connectivity index (χ2v) is 8.96. The van der Waals surface area contributed by atoms with Crippen molar-refractivity contribution in [1.29, 1.82) is 0 Å². The molecule has 180 valence electrons. The van der Waals surface area contributed by atoms with E-state index in [0.717, 1.165) is 27.0 Å². The number of anilines is 1. The highest BCUT2D eigenvalue weighted by Gasteiger charge is 2.20. The summed E-state index contributed by atoms with van der Waals surface area (Å²) in [5.41, 5.74) is 3.38. The first-order chi connectivity index (χ1) is 16.9. The van der Waals surface area contributed by atoms with Crippen LogP contribution in [0.4, 0.5) is 5.69 Å². The quantitative estimate of drug-likeness (QED) is 0.347. The van der Waals surface area contributed by atoms with Gasteiger partial charge in [0, 0.05) is 7.05 Å². The van der Waals surface area contributed by atoms with Gasteiger partial charge in [0.25, 0.3) is 5.56 Å². The molecule has 0 aliphatic heterocycles. The molecule has 0 radical (unpaired) electrons. The molecule has 35 heavy (non-hydrogen) atoms. The van der Waals surface area contributed by atoms with Gasteiger partial charge in [-0.1, -0.05) is 54.6 Å². The van der Waals surface area contributed by atoms with E-state index < -0.39 is 0 Å². The van der Waals surface area contributed by atoms with Crippen LogP contribution >= 0.6 is 15.9 Å². The third kappa shape index (κ3) is 5.23. The molecule has 8 heteroatoms. The molecule has 0 saturated heterocycles. The molecule has 0 aliphatic rings. The fourth-order valence-electron chi connectivity index (χ4n) is 4.03. The van der Waals surface area contributed by atoms with Crippen LogP contribution in [0.5, 0.6) is 5.75 Å². The fraction of sp³-hybridized carbons (Fsp3) is 0.185. The number of methoxy groups -OCH3 is 1. The number of nitrogens with zero attached hydrogens (tertiary/aromatic N) is 2. The van der Waals surface area contributed by atoms with Gasteiger partial charge in [-0.25, -0.2) is 4.68 Å². The van der Waals surface area contributed by atoms with Gasteiger partial charge in [-0.05, 0) is 58.2 Å². The highest BCUT2D eigenvalue weighted by atomic mass is 79.9. The number of para-hydroxylation sites is 1. The van der Waals surface area contributed by atoms with Crippen LogP contribution in [-0.4, -0.2) is 28.9 Å². The largest absolute Gasteiger partial charge is 0.496 e. The number of aromatic nitrogens is 2. The summed E-state index contributed by atoms with van der Waals surface area (Å²) >= 11 is 3.55. The number of rotatable bonds is 8.